The van der Waals surface area contributed by atoms with Gasteiger partial charge in [0.25, 0.3) is 0 Å². The second-order valence-electron chi connectivity index (χ2n) is 4.27. The van der Waals surface area contributed by atoms with E-state index < -0.39 is 0 Å². The first-order valence-corrected chi connectivity index (χ1v) is 5.91. The van der Waals surface area contributed by atoms with E-state index in [1.165, 1.54) is 12.1 Å². The molecular weight excluding hydrogens is 245 g/mol. The molecule has 19 heavy (non-hydrogen) atoms. The number of benzene rings is 2. The largest absolute Gasteiger partial charge is 0.493 e. The van der Waals surface area contributed by atoms with Gasteiger partial charge in [0.15, 0.2) is 11.5 Å². The Balaban J connectivity index is 2.18. The number of ether oxygens (including phenoxy) is 2. The number of rotatable bonds is 4. The molecule has 2 aromatic rings. The number of hydrogen-bond donors (Lipinski definition) is 1. The lowest BCUT2D eigenvalue weighted by Crippen LogP contribution is -2.01. The Morgan fingerprint density at radius 1 is 1.11 bits per heavy atom. The number of anilines is 1. The molecule has 0 aliphatic rings. The summed E-state index contributed by atoms with van der Waals surface area (Å²) in [6.07, 6.45) is 0. The Labute approximate surface area is 111 Å². The van der Waals surface area contributed by atoms with Crippen LogP contribution >= 0.6 is 0 Å². The number of halogens is 1. The average Bonchev–Trinajstić information content (AvgIpc) is 2.40. The summed E-state index contributed by atoms with van der Waals surface area (Å²) in [5.74, 6) is 0.873. The fourth-order valence-corrected chi connectivity index (χ4v) is 1.76. The molecule has 0 aliphatic heterocycles. The first-order chi connectivity index (χ1) is 9.10. The summed E-state index contributed by atoms with van der Waals surface area (Å²) < 4.78 is 24.0. The van der Waals surface area contributed by atoms with Crippen LogP contribution in [0.2, 0.25) is 0 Å². The molecule has 2 N–H and O–H groups in total. The van der Waals surface area contributed by atoms with Crippen LogP contribution in [0.5, 0.6) is 11.5 Å². The van der Waals surface area contributed by atoms with E-state index >= 15 is 0 Å². The Hall–Kier alpha value is -2.23. The van der Waals surface area contributed by atoms with Crippen molar-refractivity contribution in [1.82, 2.24) is 0 Å². The third-order valence-corrected chi connectivity index (χ3v) is 2.88. The van der Waals surface area contributed by atoms with Gasteiger partial charge in [0.1, 0.15) is 12.4 Å². The summed E-state index contributed by atoms with van der Waals surface area (Å²) in [6.45, 7) is 2.18. The van der Waals surface area contributed by atoms with E-state index in [4.69, 9.17) is 15.2 Å². The topological polar surface area (TPSA) is 44.5 Å². The first-order valence-electron chi connectivity index (χ1n) is 5.91. The molecule has 0 amide bonds. The van der Waals surface area contributed by atoms with Gasteiger partial charge in [-0.2, -0.15) is 0 Å². The molecular formula is C15H16FNO2. The van der Waals surface area contributed by atoms with E-state index in [9.17, 15) is 4.39 Å². The molecule has 0 saturated heterocycles. The fraction of sp³-hybridized carbons (Fsp3) is 0.200. The van der Waals surface area contributed by atoms with E-state index in [1.54, 1.807) is 31.4 Å². The van der Waals surface area contributed by atoms with Crippen molar-refractivity contribution in [2.24, 2.45) is 0 Å². The second-order valence-corrected chi connectivity index (χ2v) is 4.27. The normalized spacial score (nSPS) is 10.3. The Bertz CT molecular complexity index is 584. The SMILES string of the molecule is COc1ccc(N)cc1OCc1cc(F)ccc1C. The smallest absolute Gasteiger partial charge is 0.163 e. The van der Waals surface area contributed by atoms with Crippen LogP contribution < -0.4 is 15.2 Å². The highest BCUT2D eigenvalue weighted by atomic mass is 19.1. The van der Waals surface area contributed by atoms with Crippen LogP contribution in [0.1, 0.15) is 11.1 Å². The zero-order valence-corrected chi connectivity index (χ0v) is 10.9. The molecule has 0 heterocycles. The highest BCUT2D eigenvalue weighted by molar-refractivity contribution is 5.52. The van der Waals surface area contributed by atoms with Gasteiger partial charge in [-0.05, 0) is 42.3 Å². The van der Waals surface area contributed by atoms with Crippen molar-refractivity contribution in [2.45, 2.75) is 13.5 Å². The van der Waals surface area contributed by atoms with Gasteiger partial charge >= 0.3 is 0 Å². The molecule has 3 nitrogen and oxygen atoms in total. The van der Waals surface area contributed by atoms with Gasteiger partial charge in [-0.1, -0.05) is 6.07 Å². The van der Waals surface area contributed by atoms with Gasteiger partial charge in [0.05, 0.1) is 7.11 Å². The van der Waals surface area contributed by atoms with Crippen LogP contribution in [0.15, 0.2) is 36.4 Å². The van der Waals surface area contributed by atoms with Crippen molar-refractivity contribution < 1.29 is 13.9 Å². The number of aryl methyl sites for hydroxylation is 1. The summed E-state index contributed by atoms with van der Waals surface area (Å²) in [5, 5.41) is 0. The Kier molecular flexibility index (Phi) is 3.90. The molecule has 0 aromatic heterocycles. The molecule has 100 valence electrons. The average molecular weight is 261 g/mol. The molecule has 0 spiro atoms. The monoisotopic (exact) mass is 261 g/mol. The standard InChI is InChI=1S/C15H16FNO2/c1-10-3-4-12(16)7-11(10)9-19-15-8-13(17)5-6-14(15)18-2/h3-8H,9,17H2,1-2H3. The number of hydrogen-bond acceptors (Lipinski definition) is 3. The molecule has 0 atom stereocenters. The Morgan fingerprint density at radius 2 is 1.89 bits per heavy atom. The van der Waals surface area contributed by atoms with Crippen LogP contribution in [0.3, 0.4) is 0 Å². The molecule has 2 aromatic carbocycles. The maximum Gasteiger partial charge on any atom is 0.163 e. The van der Waals surface area contributed by atoms with Crippen molar-refractivity contribution in [3.05, 3.63) is 53.3 Å². The summed E-state index contributed by atoms with van der Waals surface area (Å²) in [5.41, 5.74) is 8.07. The third kappa shape index (κ3) is 3.16. The molecule has 0 unspecified atom stereocenters. The van der Waals surface area contributed by atoms with Gasteiger partial charge in [0, 0.05) is 11.8 Å². The summed E-state index contributed by atoms with van der Waals surface area (Å²) in [4.78, 5) is 0. The summed E-state index contributed by atoms with van der Waals surface area (Å²) >= 11 is 0. The minimum atomic E-state index is -0.274. The van der Waals surface area contributed by atoms with Crippen LogP contribution in [0.25, 0.3) is 0 Å². The van der Waals surface area contributed by atoms with Crippen molar-refractivity contribution in [3.63, 3.8) is 0 Å². The molecule has 0 radical (unpaired) electrons. The van der Waals surface area contributed by atoms with E-state index in [-0.39, 0.29) is 12.4 Å². The van der Waals surface area contributed by atoms with E-state index in [0.717, 1.165) is 11.1 Å². The lowest BCUT2D eigenvalue weighted by atomic mass is 10.1. The van der Waals surface area contributed by atoms with Gasteiger partial charge in [-0.15, -0.1) is 0 Å². The minimum absolute atomic E-state index is 0.267. The quantitative estimate of drug-likeness (QED) is 0.859. The molecule has 0 bridgehead atoms. The lowest BCUT2D eigenvalue weighted by molar-refractivity contribution is 0.283. The number of methoxy groups -OCH3 is 1. The zero-order valence-electron chi connectivity index (χ0n) is 10.9. The maximum absolute atomic E-state index is 13.2. The summed E-state index contributed by atoms with van der Waals surface area (Å²) in [6, 6.07) is 9.79. The van der Waals surface area contributed by atoms with Crippen molar-refractivity contribution in [1.29, 1.82) is 0 Å². The predicted molar refractivity (Wildman–Crippen MR) is 72.9 cm³/mol. The minimum Gasteiger partial charge on any atom is -0.493 e. The zero-order chi connectivity index (χ0) is 13.8. The van der Waals surface area contributed by atoms with Crippen molar-refractivity contribution >= 4 is 5.69 Å². The summed E-state index contributed by atoms with van der Waals surface area (Å²) in [7, 11) is 1.56. The first kappa shape index (κ1) is 13.2. The van der Waals surface area contributed by atoms with Crippen LogP contribution in [-0.2, 0) is 6.61 Å². The fourth-order valence-electron chi connectivity index (χ4n) is 1.76. The molecule has 0 fully saturated rings. The predicted octanol–water partition coefficient (Wildman–Crippen LogP) is 3.30. The van der Waals surface area contributed by atoms with E-state index in [0.29, 0.717) is 17.2 Å². The van der Waals surface area contributed by atoms with Gasteiger partial charge in [-0.25, -0.2) is 4.39 Å². The molecule has 0 aliphatic carbocycles. The number of nitrogens with two attached hydrogens (primary N) is 1. The second kappa shape index (κ2) is 5.61. The number of nitrogen functional groups attached to an aromatic ring is 1. The molecule has 4 heteroatoms. The highest BCUT2D eigenvalue weighted by Crippen LogP contribution is 2.30. The van der Waals surface area contributed by atoms with Gasteiger partial charge in [0.2, 0.25) is 0 Å². The van der Waals surface area contributed by atoms with E-state index in [1.807, 2.05) is 6.92 Å². The van der Waals surface area contributed by atoms with Crippen LogP contribution in [0, 0.1) is 12.7 Å². The molecule has 0 saturated carbocycles. The highest BCUT2D eigenvalue weighted by Gasteiger charge is 2.07. The third-order valence-electron chi connectivity index (χ3n) is 2.88. The van der Waals surface area contributed by atoms with Crippen LogP contribution in [-0.4, -0.2) is 7.11 Å². The Morgan fingerprint density at radius 3 is 2.63 bits per heavy atom. The van der Waals surface area contributed by atoms with Crippen molar-refractivity contribution in [2.75, 3.05) is 12.8 Å². The maximum atomic E-state index is 13.2. The molecule has 2 rings (SSSR count). The van der Waals surface area contributed by atoms with Gasteiger partial charge < -0.3 is 15.2 Å². The van der Waals surface area contributed by atoms with Gasteiger partial charge in [-0.3, -0.25) is 0 Å². The van der Waals surface area contributed by atoms with E-state index in [2.05, 4.69) is 0 Å². The van der Waals surface area contributed by atoms with Crippen LogP contribution in [0.4, 0.5) is 10.1 Å². The van der Waals surface area contributed by atoms with Crippen molar-refractivity contribution in [3.8, 4) is 11.5 Å². The lowest BCUT2D eigenvalue weighted by Gasteiger charge is -2.12.